The van der Waals surface area contributed by atoms with Crippen LogP contribution in [-0.2, 0) is 21.7 Å². The number of thioether (sulfide) groups is 1. The number of carbonyl (C=O) groups excluding carboxylic acids is 1. The van der Waals surface area contributed by atoms with Crippen molar-refractivity contribution < 1.29 is 14.6 Å². The van der Waals surface area contributed by atoms with E-state index in [0.717, 1.165) is 44.0 Å². The molecular formula is C40H40N2O3S. The van der Waals surface area contributed by atoms with Crippen molar-refractivity contribution in [3.05, 3.63) is 167 Å². The van der Waals surface area contributed by atoms with E-state index in [4.69, 9.17) is 4.74 Å². The molecule has 6 heteroatoms. The number of aryl methyl sites for hydroxylation is 1. The summed E-state index contributed by atoms with van der Waals surface area (Å²) in [4.78, 5) is 18.5. The van der Waals surface area contributed by atoms with E-state index in [-0.39, 0.29) is 5.91 Å². The highest BCUT2D eigenvalue weighted by atomic mass is 32.2. The van der Waals surface area contributed by atoms with Gasteiger partial charge in [0.1, 0.15) is 11.7 Å². The molecule has 0 aromatic heterocycles. The predicted octanol–water partition coefficient (Wildman–Crippen LogP) is 7.61. The Hall–Kier alpha value is -4.20. The molecule has 1 aliphatic rings. The van der Waals surface area contributed by atoms with Gasteiger partial charge < -0.3 is 19.6 Å². The molecule has 0 aliphatic carbocycles. The Kier molecular flexibility index (Phi) is 9.71. The number of nitrogens with zero attached hydrogens (tertiary/aromatic N) is 2. The number of rotatable bonds is 10. The molecule has 5 nitrogen and oxygen atoms in total. The molecule has 0 bridgehead atoms. The number of aliphatic hydroxyl groups excluding tert-OH is 1. The fourth-order valence-corrected chi connectivity index (χ4v) is 7.40. The zero-order valence-corrected chi connectivity index (χ0v) is 27.4. The van der Waals surface area contributed by atoms with Crippen LogP contribution in [0.5, 0.6) is 0 Å². The number of aliphatic hydroxyl groups is 1. The summed E-state index contributed by atoms with van der Waals surface area (Å²) in [7, 11) is 3.98. The number of likely N-dealkylation sites (N-methyl/N-ethyl adjacent to an activating group) is 1. The maximum Gasteiger partial charge on any atom is 0.257 e. The van der Waals surface area contributed by atoms with Crippen molar-refractivity contribution in [2.45, 2.75) is 35.4 Å². The molecule has 0 radical (unpaired) electrons. The van der Waals surface area contributed by atoms with Gasteiger partial charge in [-0.1, -0.05) is 127 Å². The van der Waals surface area contributed by atoms with Crippen LogP contribution in [0.4, 0.5) is 5.69 Å². The normalized spacial score (nSPS) is 16.7. The lowest BCUT2D eigenvalue weighted by atomic mass is 9.80. The highest BCUT2D eigenvalue weighted by molar-refractivity contribution is 7.99. The molecule has 5 aromatic rings. The van der Waals surface area contributed by atoms with E-state index in [1.807, 2.05) is 117 Å². The zero-order chi connectivity index (χ0) is 32.1. The van der Waals surface area contributed by atoms with Crippen LogP contribution in [0, 0.1) is 6.92 Å². The van der Waals surface area contributed by atoms with E-state index in [2.05, 4.69) is 42.5 Å². The minimum Gasteiger partial charge on any atom is -0.382 e. The van der Waals surface area contributed by atoms with E-state index >= 15 is 0 Å². The average Bonchev–Trinajstić information content (AvgIpc) is 3.19. The highest BCUT2D eigenvalue weighted by Gasteiger charge is 2.39. The van der Waals surface area contributed by atoms with Gasteiger partial charge in [-0.15, -0.1) is 11.8 Å². The van der Waals surface area contributed by atoms with Gasteiger partial charge in [-0.05, 0) is 61.0 Å². The second kappa shape index (κ2) is 14.1. The van der Waals surface area contributed by atoms with Crippen molar-refractivity contribution in [1.29, 1.82) is 0 Å². The first kappa shape index (κ1) is 31.8. The largest absolute Gasteiger partial charge is 0.382 e. The van der Waals surface area contributed by atoms with Crippen LogP contribution in [0.2, 0.25) is 0 Å². The summed E-state index contributed by atoms with van der Waals surface area (Å²) in [5.74, 6) is -0.279. The van der Waals surface area contributed by atoms with Crippen molar-refractivity contribution in [3.8, 4) is 0 Å². The van der Waals surface area contributed by atoms with Gasteiger partial charge in [0.25, 0.3) is 5.91 Å². The third kappa shape index (κ3) is 6.53. The molecule has 0 fully saturated rings. The fourth-order valence-electron chi connectivity index (χ4n) is 6.07. The van der Waals surface area contributed by atoms with Gasteiger partial charge in [0.15, 0.2) is 0 Å². The summed E-state index contributed by atoms with van der Waals surface area (Å²) >= 11 is 1.54. The molecule has 1 heterocycles. The molecule has 0 unspecified atom stereocenters. The minimum atomic E-state index is -1.18. The lowest BCUT2D eigenvalue weighted by Crippen LogP contribution is -2.43. The lowest BCUT2D eigenvalue weighted by molar-refractivity contribution is -0.126. The molecule has 1 aliphatic heterocycles. The number of benzene rings is 5. The summed E-state index contributed by atoms with van der Waals surface area (Å²) in [6, 6.07) is 45.4. The van der Waals surface area contributed by atoms with Crippen LogP contribution < -0.4 is 4.90 Å². The summed E-state index contributed by atoms with van der Waals surface area (Å²) in [5, 5.41) is 11.0. The summed E-state index contributed by atoms with van der Waals surface area (Å²) in [6.07, 6.45) is -1.18. The third-order valence-electron chi connectivity index (χ3n) is 8.55. The van der Waals surface area contributed by atoms with Crippen LogP contribution in [0.3, 0.4) is 0 Å². The zero-order valence-electron chi connectivity index (χ0n) is 26.5. The van der Waals surface area contributed by atoms with E-state index in [1.165, 1.54) is 0 Å². The van der Waals surface area contributed by atoms with Crippen LogP contribution in [0.1, 0.15) is 38.6 Å². The fraction of sp³-hybridized carbons (Fsp3) is 0.225. The van der Waals surface area contributed by atoms with E-state index < -0.39 is 17.0 Å². The number of carbonyl (C=O) groups is 1. The molecule has 0 saturated heterocycles. The maximum absolute atomic E-state index is 13.8. The number of hydrogen-bond acceptors (Lipinski definition) is 5. The van der Waals surface area contributed by atoms with Crippen molar-refractivity contribution in [1.82, 2.24) is 4.90 Å². The molecule has 6 rings (SSSR count). The van der Waals surface area contributed by atoms with E-state index in [1.54, 1.807) is 16.7 Å². The lowest BCUT2D eigenvalue weighted by Gasteiger charge is -2.36. The van der Waals surface area contributed by atoms with Crippen LogP contribution >= 0.6 is 11.8 Å². The number of anilines is 1. The smallest absolute Gasteiger partial charge is 0.257 e. The molecule has 5 aromatic carbocycles. The first-order valence-corrected chi connectivity index (χ1v) is 16.6. The average molecular weight is 629 g/mol. The first-order valence-electron chi connectivity index (χ1n) is 15.7. The topological polar surface area (TPSA) is 53.0 Å². The monoisotopic (exact) mass is 628 g/mol. The third-order valence-corrected chi connectivity index (χ3v) is 9.91. The van der Waals surface area contributed by atoms with Crippen LogP contribution in [0.25, 0.3) is 0 Å². The molecule has 2 atom stereocenters. The maximum atomic E-state index is 13.8. The second-order valence-corrected chi connectivity index (χ2v) is 13.2. The summed E-state index contributed by atoms with van der Waals surface area (Å²) in [5.41, 5.74) is 6.13. The SMILES string of the molecule is Cc1ccc([C@H]2Sc3cc(COC(c4ccccc4)(c4ccccc4)c4ccccc4)ccc3N(CCN(C)C)C(=O)[C@H]2O)cc1. The van der Waals surface area contributed by atoms with Gasteiger partial charge in [0.05, 0.1) is 17.5 Å². The van der Waals surface area contributed by atoms with Gasteiger partial charge in [0.2, 0.25) is 0 Å². The van der Waals surface area contributed by atoms with Crippen molar-refractivity contribution in [2.24, 2.45) is 0 Å². The Balaban J connectivity index is 1.41. The van der Waals surface area contributed by atoms with E-state index in [9.17, 15) is 9.90 Å². The van der Waals surface area contributed by atoms with E-state index in [0.29, 0.717) is 19.7 Å². The van der Waals surface area contributed by atoms with Crippen molar-refractivity contribution in [3.63, 3.8) is 0 Å². The Morgan fingerprint density at radius 2 is 1.33 bits per heavy atom. The Labute approximate surface area is 276 Å². The Bertz CT molecular complexity index is 1650. The highest BCUT2D eigenvalue weighted by Crippen LogP contribution is 2.47. The summed E-state index contributed by atoms with van der Waals surface area (Å²) < 4.78 is 7.12. The molecular weight excluding hydrogens is 589 g/mol. The Morgan fingerprint density at radius 1 is 0.783 bits per heavy atom. The van der Waals surface area contributed by atoms with Crippen LogP contribution in [0.15, 0.2) is 138 Å². The molecule has 46 heavy (non-hydrogen) atoms. The quantitative estimate of drug-likeness (QED) is 0.161. The summed E-state index contributed by atoms with van der Waals surface area (Å²) in [6.45, 7) is 3.52. The number of hydrogen-bond donors (Lipinski definition) is 1. The second-order valence-electron chi connectivity index (χ2n) is 12.1. The first-order chi connectivity index (χ1) is 22.4. The number of ether oxygens (including phenoxy) is 1. The van der Waals surface area contributed by atoms with Gasteiger partial charge >= 0.3 is 0 Å². The van der Waals surface area contributed by atoms with Gasteiger partial charge in [-0.2, -0.15) is 0 Å². The van der Waals surface area contributed by atoms with Crippen LogP contribution in [-0.4, -0.2) is 49.2 Å². The predicted molar refractivity (Wildman–Crippen MR) is 187 cm³/mol. The van der Waals surface area contributed by atoms with Gasteiger partial charge in [0, 0.05) is 18.0 Å². The molecule has 0 spiro atoms. The van der Waals surface area contributed by atoms with Crippen molar-refractivity contribution in [2.75, 3.05) is 32.1 Å². The standard InChI is InChI=1S/C40H40N2O3S/c1-29-19-22-31(23-20-29)38-37(43)39(44)42(26-25-41(2)3)35-24-21-30(27-36(35)46-38)28-45-40(32-13-7-4-8-14-32,33-15-9-5-10-16-33)34-17-11-6-12-18-34/h4-24,27,37-38,43H,25-26,28H2,1-3H3/t37-,38+/m0/s1. The number of amides is 1. The Morgan fingerprint density at radius 3 is 1.85 bits per heavy atom. The minimum absolute atomic E-state index is 0.279. The van der Waals surface area contributed by atoms with Crippen molar-refractivity contribution >= 4 is 23.4 Å². The molecule has 234 valence electrons. The molecule has 1 N–H and O–H groups in total. The van der Waals surface area contributed by atoms with Gasteiger partial charge in [-0.3, -0.25) is 4.79 Å². The molecule has 1 amide bonds. The molecule has 0 saturated carbocycles. The van der Waals surface area contributed by atoms with Gasteiger partial charge in [-0.25, -0.2) is 0 Å². The number of fused-ring (bicyclic) bond motifs is 1.